The maximum Gasteiger partial charge on any atom is 0.257 e. The molecule has 28 heavy (non-hydrogen) atoms. The van der Waals surface area contributed by atoms with E-state index in [0.717, 1.165) is 56.0 Å². The van der Waals surface area contributed by atoms with Gasteiger partial charge in [-0.2, -0.15) is 0 Å². The summed E-state index contributed by atoms with van der Waals surface area (Å²) in [6.45, 7) is 4.25. The first-order valence-corrected chi connectivity index (χ1v) is 9.78. The lowest BCUT2D eigenvalue weighted by Crippen LogP contribution is -2.41. The molecule has 0 bridgehead atoms. The van der Waals surface area contributed by atoms with E-state index in [1.165, 1.54) is 0 Å². The Hall–Kier alpha value is -3.09. The highest BCUT2D eigenvalue weighted by molar-refractivity contribution is 5.93. The Bertz CT molecular complexity index is 922. The van der Waals surface area contributed by atoms with Gasteiger partial charge in [-0.25, -0.2) is 9.97 Å². The number of benzene rings is 1. The lowest BCUT2D eigenvalue weighted by Gasteiger charge is -2.32. The molecule has 1 amide bonds. The van der Waals surface area contributed by atoms with E-state index in [9.17, 15) is 4.79 Å². The predicted octanol–water partition coefficient (Wildman–Crippen LogP) is 2.85. The third kappa shape index (κ3) is 4.08. The molecule has 1 fully saturated rings. The number of aromatic nitrogens is 5. The van der Waals surface area contributed by atoms with Crippen LogP contribution in [0.25, 0.3) is 11.3 Å². The normalized spacial score (nSPS) is 16.9. The van der Waals surface area contributed by atoms with E-state index in [-0.39, 0.29) is 5.91 Å². The summed E-state index contributed by atoms with van der Waals surface area (Å²) in [6, 6.07) is 10.0. The SMILES string of the molecule is CCc1ncc(C(=O)N2CCC[C@H](Cn3cc(-c4ccccc4)nn3)C2)cn1. The molecule has 0 saturated carbocycles. The van der Waals surface area contributed by atoms with Crippen LogP contribution in [0.15, 0.2) is 48.9 Å². The van der Waals surface area contributed by atoms with Gasteiger partial charge in [-0.1, -0.05) is 42.5 Å². The minimum absolute atomic E-state index is 0.0101. The molecular weight excluding hydrogens is 352 g/mol. The van der Waals surface area contributed by atoms with Crippen molar-refractivity contribution in [3.05, 3.63) is 60.3 Å². The average Bonchev–Trinajstić information content (AvgIpc) is 3.22. The van der Waals surface area contributed by atoms with Crippen LogP contribution < -0.4 is 0 Å². The Kier molecular flexibility index (Phi) is 5.41. The van der Waals surface area contributed by atoms with Crippen molar-refractivity contribution in [2.45, 2.75) is 32.7 Å². The number of nitrogens with zero attached hydrogens (tertiary/aromatic N) is 6. The number of carbonyl (C=O) groups is 1. The van der Waals surface area contributed by atoms with E-state index in [0.29, 0.717) is 11.5 Å². The lowest BCUT2D eigenvalue weighted by molar-refractivity contribution is 0.0658. The summed E-state index contributed by atoms with van der Waals surface area (Å²) in [5.74, 6) is 1.13. The highest BCUT2D eigenvalue weighted by Crippen LogP contribution is 2.21. The monoisotopic (exact) mass is 376 g/mol. The average molecular weight is 376 g/mol. The second-order valence-corrected chi connectivity index (χ2v) is 7.19. The zero-order valence-electron chi connectivity index (χ0n) is 16.0. The summed E-state index contributed by atoms with van der Waals surface area (Å²) in [5, 5.41) is 8.56. The molecule has 1 aliphatic heterocycles. The van der Waals surface area contributed by atoms with Gasteiger partial charge in [-0.15, -0.1) is 5.10 Å². The van der Waals surface area contributed by atoms with Gasteiger partial charge in [-0.05, 0) is 18.8 Å². The molecule has 2 aromatic heterocycles. The zero-order chi connectivity index (χ0) is 19.3. The molecule has 3 aromatic rings. The van der Waals surface area contributed by atoms with Crippen molar-refractivity contribution < 1.29 is 4.79 Å². The topological polar surface area (TPSA) is 76.8 Å². The molecule has 1 atom stereocenters. The highest BCUT2D eigenvalue weighted by Gasteiger charge is 2.25. The molecule has 7 nitrogen and oxygen atoms in total. The molecule has 0 spiro atoms. The van der Waals surface area contributed by atoms with Gasteiger partial charge in [0, 0.05) is 44.0 Å². The van der Waals surface area contributed by atoms with E-state index >= 15 is 0 Å². The summed E-state index contributed by atoms with van der Waals surface area (Å²) in [4.78, 5) is 23.2. The highest BCUT2D eigenvalue weighted by atomic mass is 16.2. The molecule has 0 radical (unpaired) electrons. The second kappa shape index (κ2) is 8.29. The Labute approximate surface area is 164 Å². The van der Waals surface area contributed by atoms with Gasteiger partial charge in [0.15, 0.2) is 0 Å². The Morgan fingerprint density at radius 2 is 1.96 bits per heavy atom. The van der Waals surface area contributed by atoms with E-state index < -0.39 is 0 Å². The smallest absolute Gasteiger partial charge is 0.257 e. The van der Waals surface area contributed by atoms with Gasteiger partial charge in [0.05, 0.1) is 11.8 Å². The number of hydrogen-bond acceptors (Lipinski definition) is 5. The molecule has 1 aliphatic rings. The minimum atomic E-state index is 0.0101. The van der Waals surface area contributed by atoms with Crippen molar-refractivity contribution in [2.75, 3.05) is 13.1 Å². The Morgan fingerprint density at radius 1 is 1.18 bits per heavy atom. The van der Waals surface area contributed by atoms with Crippen LogP contribution >= 0.6 is 0 Å². The van der Waals surface area contributed by atoms with Gasteiger partial charge < -0.3 is 4.90 Å². The largest absolute Gasteiger partial charge is 0.338 e. The number of piperidine rings is 1. The summed E-state index contributed by atoms with van der Waals surface area (Å²) in [5.41, 5.74) is 2.49. The van der Waals surface area contributed by atoms with Crippen LogP contribution in [0.5, 0.6) is 0 Å². The number of hydrogen-bond donors (Lipinski definition) is 0. The van der Waals surface area contributed by atoms with Crippen LogP contribution in [0.1, 0.15) is 35.9 Å². The van der Waals surface area contributed by atoms with Gasteiger partial charge in [0.25, 0.3) is 5.91 Å². The summed E-state index contributed by atoms with van der Waals surface area (Å²) >= 11 is 0. The molecule has 7 heteroatoms. The van der Waals surface area contributed by atoms with Crippen LogP contribution in [-0.4, -0.2) is 48.9 Å². The van der Waals surface area contributed by atoms with Crippen molar-refractivity contribution in [3.63, 3.8) is 0 Å². The molecule has 3 heterocycles. The number of amides is 1. The lowest BCUT2D eigenvalue weighted by atomic mass is 9.97. The molecule has 0 unspecified atom stereocenters. The predicted molar refractivity (Wildman–Crippen MR) is 105 cm³/mol. The van der Waals surface area contributed by atoms with Crippen molar-refractivity contribution in [1.29, 1.82) is 0 Å². The van der Waals surface area contributed by atoms with Gasteiger partial charge in [-0.3, -0.25) is 9.48 Å². The van der Waals surface area contributed by atoms with Crippen LogP contribution in [0, 0.1) is 5.92 Å². The van der Waals surface area contributed by atoms with Gasteiger partial charge in [0.2, 0.25) is 0 Å². The fourth-order valence-corrected chi connectivity index (χ4v) is 3.62. The standard InChI is InChI=1S/C21H24N6O/c1-2-20-22-11-18(12-23-20)21(28)26-10-6-7-16(13-26)14-27-15-19(24-25-27)17-8-4-3-5-9-17/h3-5,8-9,11-12,15-16H,2,6-7,10,13-14H2,1H3/t16-/m0/s1. The van der Waals surface area contributed by atoms with Crippen molar-refractivity contribution in [2.24, 2.45) is 5.92 Å². The van der Waals surface area contributed by atoms with Crippen LogP contribution in [0.2, 0.25) is 0 Å². The quantitative estimate of drug-likeness (QED) is 0.684. The fraction of sp³-hybridized carbons (Fsp3) is 0.381. The van der Waals surface area contributed by atoms with Crippen molar-refractivity contribution in [3.8, 4) is 11.3 Å². The summed E-state index contributed by atoms with van der Waals surface area (Å²) < 4.78 is 1.89. The number of aryl methyl sites for hydroxylation is 1. The zero-order valence-corrected chi connectivity index (χ0v) is 16.0. The van der Waals surface area contributed by atoms with Crippen molar-refractivity contribution >= 4 is 5.91 Å². The van der Waals surface area contributed by atoms with Crippen LogP contribution in [-0.2, 0) is 13.0 Å². The van der Waals surface area contributed by atoms with E-state index in [2.05, 4.69) is 20.3 Å². The molecule has 144 valence electrons. The van der Waals surface area contributed by atoms with Crippen LogP contribution in [0.4, 0.5) is 0 Å². The van der Waals surface area contributed by atoms with E-state index in [4.69, 9.17) is 0 Å². The third-order valence-corrected chi connectivity index (χ3v) is 5.13. The second-order valence-electron chi connectivity index (χ2n) is 7.19. The third-order valence-electron chi connectivity index (χ3n) is 5.13. The molecular formula is C21H24N6O. The van der Waals surface area contributed by atoms with Crippen molar-refractivity contribution in [1.82, 2.24) is 29.9 Å². The molecule has 1 saturated heterocycles. The van der Waals surface area contributed by atoms with Gasteiger partial charge in [0.1, 0.15) is 11.5 Å². The van der Waals surface area contributed by atoms with E-state index in [1.54, 1.807) is 12.4 Å². The minimum Gasteiger partial charge on any atom is -0.338 e. The summed E-state index contributed by atoms with van der Waals surface area (Å²) in [6.07, 6.45) is 8.10. The first kappa shape index (κ1) is 18.3. The number of likely N-dealkylation sites (tertiary alicyclic amines) is 1. The number of carbonyl (C=O) groups excluding carboxylic acids is 1. The number of rotatable bonds is 5. The Balaban J connectivity index is 1.40. The van der Waals surface area contributed by atoms with Crippen LogP contribution in [0.3, 0.4) is 0 Å². The molecule has 1 aromatic carbocycles. The molecule has 4 rings (SSSR count). The molecule has 0 N–H and O–H groups in total. The maximum absolute atomic E-state index is 12.8. The maximum atomic E-state index is 12.8. The first-order chi connectivity index (χ1) is 13.7. The molecule has 0 aliphatic carbocycles. The van der Waals surface area contributed by atoms with Gasteiger partial charge >= 0.3 is 0 Å². The van der Waals surface area contributed by atoms with E-state index in [1.807, 2.05) is 53.0 Å². The summed E-state index contributed by atoms with van der Waals surface area (Å²) in [7, 11) is 0. The fourth-order valence-electron chi connectivity index (χ4n) is 3.62. The Morgan fingerprint density at radius 3 is 2.71 bits per heavy atom. The first-order valence-electron chi connectivity index (χ1n) is 9.78.